The van der Waals surface area contributed by atoms with E-state index in [-0.39, 0.29) is 30.3 Å². The van der Waals surface area contributed by atoms with Crippen molar-refractivity contribution in [2.24, 2.45) is 17.8 Å². The molecule has 0 aliphatic carbocycles. The van der Waals surface area contributed by atoms with Gasteiger partial charge in [-0.3, -0.25) is 19.2 Å². The lowest BCUT2D eigenvalue weighted by Crippen LogP contribution is -2.43. The number of amides is 1. The highest BCUT2D eigenvalue weighted by Gasteiger charge is 2.34. The molecule has 1 aliphatic rings. The van der Waals surface area contributed by atoms with Gasteiger partial charge in [-0.1, -0.05) is 19.9 Å². The van der Waals surface area contributed by atoms with Gasteiger partial charge in [0.2, 0.25) is 5.78 Å². The molecule has 1 aromatic rings. The average molecular weight is 349 g/mol. The van der Waals surface area contributed by atoms with E-state index in [1.165, 1.54) is 11.3 Å². The predicted molar refractivity (Wildman–Crippen MR) is 91.7 cm³/mol. The Morgan fingerprint density at radius 1 is 1.33 bits per heavy atom. The number of thiophene rings is 1. The maximum absolute atomic E-state index is 12.6. The third-order valence-electron chi connectivity index (χ3n) is 4.44. The normalized spacial score (nSPS) is 19.2. The summed E-state index contributed by atoms with van der Waals surface area (Å²) in [5, 5.41) is 4.42. The van der Waals surface area contributed by atoms with Crippen molar-refractivity contribution in [2.45, 2.75) is 39.5 Å². The summed E-state index contributed by atoms with van der Waals surface area (Å²) in [6.07, 6.45) is 1.09. The standard InChI is InChI=1S/C18H23NO4S/c1-11(2)15(10-13(20)9-14-4-3-7-24-14)16(21)8-12-5-6-19-18(23)17(12)22/h3-4,7,11-12,15H,5-6,8-10H2,1-2H3,(H,19,23). The van der Waals surface area contributed by atoms with Gasteiger partial charge in [-0.25, -0.2) is 0 Å². The zero-order valence-corrected chi connectivity index (χ0v) is 14.9. The van der Waals surface area contributed by atoms with Crippen molar-refractivity contribution < 1.29 is 19.2 Å². The van der Waals surface area contributed by atoms with Crippen LogP contribution in [-0.4, -0.2) is 29.8 Å². The van der Waals surface area contributed by atoms with Gasteiger partial charge >= 0.3 is 0 Å². The monoisotopic (exact) mass is 349 g/mol. The van der Waals surface area contributed by atoms with Crippen LogP contribution in [0.25, 0.3) is 0 Å². The Kier molecular flexibility index (Phi) is 6.43. The quantitative estimate of drug-likeness (QED) is 0.730. The van der Waals surface area contributed by atoms with E-state index in [0.717, 1.165) is 4.88 Å². The van der Waals surface area contributed by atoms with Crippen LogP contribution in [0.2, 0.25) is 0 Å². The summed E-state index contributed by atoms with van der Waals surface area (Å²) in [7, 11) is 0. The number of piperidine rings is 1. The fraction of sp³-hybridized carbons (Fsp3) is 0.556. The van der Waals surface area contributed by atoms with Crippen LogP contribution in [0.3, 0.4) is 0 Å². The number of Topliss-reactive ketones (excluding diaryl/α,β-unsaturated/α-hetero) is 3. The van der Waals surface area contributed by atoms with Gasteiger partial charge in [-0.05, 0) is 23.8 Å². The zero-order chi connectivity index (χ0) is 17.7. The van der Waals surface area contributed by atoms with Gasteiger partial charge < -0.3 is 5.32 Å². The number of ketones is 3. The van der Waals surface area contributed by atoms with E-state index in [1.54, 1.807) is 0 Å². The largest absolute Gasteiger partial charge is 0.349 e. The molecule has 24 heavy (non-hydrogen) atoms. The van der Waals surface area contributed by atoms with Crippen LogP contribution in [0, 0.1) is 17.8 Å². The molecule has 6 heteroatoms. The molecule has 2 unspecified atom stereocenters. The first kappa shape index (κ1) is 18.5. The molecule has 1 fully saturated rings. The lowest BCUT2D eigenvalue weighted by Gasteiger charge is -2.24. The summed E-state index contributed by atoms with van der Waals surface area (Å²) >= 11 is 1.53. The minimum absolute atomic E-state index is 0.0253. The third-order valence-corrected chi connectivity index (χ3v) is 5.31. The number of carbonyl (C=O) groups is 4. The summed E-state index contributed by atoms with van der Waals surface area (Å²) in [5.41, 5.74) is 0. The van der Waals surface area contributed by atoms with Crippen molar-refractivity contribution in [3.05, 3.63) is 22.4 Å². The van der Waals surface area contributed by atoms with Gasteiger partial charge in [0.05, 0.1) is 0 Å². The minimum Gasteiger partial charge on any atom is -0.349 e. The molecule has 2 atom stereocenters. The fourth-order valence-electron chi connectivity index (χ4n) is 3.00. The zero-order valence-electron chi connectivity index (χ0n) is 14.0. The lowest BCUT2D eigenvalue weighted by atomic mass is 9.80. The molecule has 0 saturated carbocycles. The molecule has 0 spiro atoms. The Bertz CT molecular complexity index is 621. The Labute approximate surface area is 145 Å². The summed E-state index contributed by atoms with van der Waals surface area (Å²) in [6, 6.07) is 3.81. The predicted octanol–water partition coefficient (Wildman–Crippen LogP) is 2.19. The Morgan fingerprint density at radius 2 is 2.08 bits per heavy atom. The molecule has 1 amide bonds. The Morgan fingerprint density at radius 3 is 2.71 bits per heavy atom. The number of rotatable bonds is 8. The molecular formula is C18H23NO4S. The molecule has 130 valence electrons. The van der Waals surface area contributed by atoms with Gasteiger partial charge in [-0.15, -0.1) is 11.3 Å². The van der Waals surface area contributed by atoms with E-state index < -0.39 is 23.5 Å². The Hall–Kier alpha value is -1.82. The molecule has 2 rings (SSSR count). The van der Waals surface area contributed by atoms with Gasteiger partial charge in [-0.2, -0.15) is 0 Å². The molecule has 1 aromatic heterocycles. The SMILES string of the molecule is CC(C)C(CC(=O)Cc1cccs1)C(=O)CC1CCNC(=O)C1=O. The van der Waals surface area contributed by atoms with Crippen LogP contribution >= 0.6 is 11.3 Å². The van der Waals surface area contributed by atoms with Crippen LogP contribution in [0.15, 0.2) is 17.5 Å². The second kappa shape index (κ2) is 8.33. The molecule has 5 nitrogen and oxygen atoms in total. The van der Waals surface area contributed by atoms with Gasteiger partial charge in [0.25, 0.3) is 5.91 Å². The molecule has 0 radical (unpaired) electrons. The van der Waals surface area contributed by atoms with Crippen LogP contribution in [0.5, 0.6) is 0 Å². The number of nitrogens with one attached hydrogen (secondary N) is 1. The highest BCUT2D eigenvalue weighted by atomic mass is 32.1. The molecule has 1 saturated heterocycles. The summed E-state index contributed by atoms with van der Waals surface area (Å²) in [5.74, 6) is -2.07. The van der Waals surface area contributed by atoms with E-state index >= 15 is 0 Å². The lowest BCUT2D eigenvalue weighted by molar-refractivity contribution is -0.143. The minimum atomic E-state index is -0.603. The highest BCUT2D eigenvalue weighted by molar-refractivity contribution is 7.10. The van der Waals surface area contributed by atoms with Crippen LogP contribution in [0.1, 0.15) is 38.0 Å². The van der Waals surface area contributed by atoms with Crippen molar-refractivity contribution in [3.8, 4) is 0 Å². The van der Waals surface area contributed by atoms with Gasteiger partial charge in [0.1, 0.15) is 11.6 Å². The smallest absolute Gasteiger partial charge is 0.287 e. The first-order chi connectivity index (χ1) is 11.4. The average Bonchev–Trinajstić information content (AvgIpc) is 3.02. The van der Waals surface area contributed by atoms with E-state index in [2.05, 4.69) is 5.32 Å². The van der Waals surface area contributed by atoms with E-state index in [4.69, 9.17) is 0 Å². The topological polar surface area (TPSA) is 80.3 Å². The first-order valence-corrected chi connectivity index (χ1v) is 9.15. The van der Waals surface area contributed by atoms with Crippen molar-refractivity contribution in [1.82, 2.24) is 5.32 Å². The number of hydrogen-bond acceptors (Lipinski definition) is 5. The van der Waals surface area contributed by atoms with E-state index in [1.807, 2.05) is 31.4 Å². The maximum Gasteiger partial charge on any atom is 0.287 e. The van der Waals surface area contributed by atoms with Crippen LogP contribution in [-0.2, 0) is 25.6 Å². The second-order valence-electron chi connectivity index (χ2n) is 6.63. The molecule has 1 N–H and O–H groups in total. The molecule has 0 bridgehead atoms. The van der Waals surface area contributed by atoms with Gasteiger partial charge in [0, 0.05) is 42.5 Å². The summed E-state index contributed by atoms with van der Waals surface area (Å²) < 4.78 is 0. The molecular weight excluding hydrogens is 326 g/mol. The van der Waals surface area contributed by atoms with E-state index in [9.17, 15) is 19.2 Å². The fourth-order valence-corrected chi connectivity index (χ4v) is 3.73. The third kappa shape index (κ3) is 4.84. The number of hydrogen-bond donors (Lipinski definition) is 1. The number of carbonyl (C=O) groups excluding carboxylic acids is 4. The maximum atomic E-state index is 12.6. The molecule has 1 aliphatic heterocycles. The second-order valence-corrected chi connectivity index (χ2v) is 7.66. The molecule has 2 heterocycles. The van der Waals surface area contributed by atoms with Gasteiger partial charge in [0.15, 0.2) is 0 Å². The van der Waals surface area contributed by atoms with Crippen molar-refractivity contribution in [2.75, 3.05) is 6.54 Å². The highest BCUT2D eigenvalue weighted by Crippen LogP contribution is 2.24. The first-order valence-electron chi connectivity index (χ1n) is 8.27. The van der Waals surface area contributed by atoms with E-state index in [0.29, 0.717) is 19.4 Å². The van der Waals surface area contributed by atoms with Crippen LogP contribution < -0.4 is 5.32 Å². The Balaban J connectivity index is 1.96. The summed E-state index contributed by atoms with van der Waals surface area (Å²) in [6.45, 7) is 4.25. The van der Waals surface area contributed by atoms with Crippen LogP contribution in [0.4, 0.5) is 0 Å². The van der Waals surface area contributed by atoms with Crippen molar-refractivity contribution >= 4 is 34.6 Å². The summed E-state index contributed by atoms with van der Waals surface area (Å²) in [4.78, 5) is 49.1. The van der Waals surface area contributed by atoms with Crippen molar-refractivity contribution in [3.63, 3.8) is 0 Å². The molecule has 0 aromatic carbocycles. The van der Waals surface area contributed by atoms with Crippen molar-refractivity contribution in [1.29, 1.82) is 0 Å².